The van der Waals surface area contributed by atoms with E-state index in [9.17, 15) is 0 Å². The molecule has 1 aromatic heterocycles. The lowest BCUT2D eigenvalue weighted by Gasteiger charge is -2.16. The van der Waals surface area contributed by atoms with E-state index in [0.717, 1.165) is 11.8 Å². The molecular formula is C12H18N2. The molecule has 1 aromatic rings. The van der Waals surface area contributed by atoms with Crippen molar-refractivity contribution in [3.8, 4) is 0 Å². The van der Waals surface area contributed by atoms with Crippen molar-refractivity contribution in [1.29, 1.82) is 0 Å². The van der Waals surface area contributed by atoms with Crippen LogP contribution in [0.4, 0.5) is 0 Å². The molecule has 0 radical (unpaired) electrons. The summed E-state index contributed by atoms with van der Waals surface area (Å²) >= 11 is 0. The molecule has 0 aromatic carbocycles. The molecule has 1 saturated carbocycles. The van der Waals surface area contributed by atoms with Crippen LogP contribution in [-0.4, -0.2) is 12.0 Å². The summed E-state index contributed by atoms with van der Waals surface area (Å²) in [6.45, 7) is 4.41. The fourth-order valence-corrected chi connectivity index (χ4v) is 2.19. The molecule has 1 heterocycles. The van der Waals surface area contributed by atoms with Crippen LogP contribution in [-0.2, 0) is 0 Å². The summed E-state index contributed by atoms with van der Waals surface area (Å²) in [6, 6.07) is 2.73. The number of aryl methyl sites for hydroxylation is 1. The Morgan fingerprint density at radius 3 is 2.71 bits per heavy atom. The molecule has 14 heavy (non-hydrogen) atoms. The number of aromatic nitrogens is 1. The van der Waals surface area contributed by atoms with Crippen LogP contribution in [0.1, 0.15) is 30.5 Å². The van der Waals surface area contributed by atoms with Crippen LogP contribution in [0.2, 0.25) is 0 Å². The van der Waals surface area contributed by atoms with Crippen molar-refractivity contribution in [1.82, 2.24) is 10.3 Å². The molecule has 76 valence electrons. The second-order valence-corrected chi connectivity index (χ2v) is 4.44. The van der Waals surface area contributed by atoms with Gasteiger partial charge in [0.2, 0.25) is 0 Å². The Kier molecular flexibility index (Phi) is 2.55. The average molecular weight is 190 g/mol. The third-order valence-corrected chi connectivity index (χ3v) is 3.17. The van der Waals surface area contributed by atoms with Gasteiger partial charge >= 0.3 is 0 Å². The van der Waals surface area contributed by atoms with Crippen LogP contribution in [0.15, 0.2) is 18.5 Å². The summed E-state index contributed by atoms with van der Waals surface area (Å²) in [4.78, 5) is 4.25. The van der Waals surface area contributed by atoms with Crippen molar-refractivity contribution in [2.75, 3.05) is 7.05 Å². The van der Waals surface area contributed by atoms with Gasteiger partial charge in [0.1, 0.15) is 0 Å². The molecule has 0 amide bonds. The standard InChI is InChI=1S/C12H18N2/c1-8-4-10(7-14-6-8)12(13-3)11-5-9(11)2/h4,6-7,9,11-13H,5H2,1-3H3. The van der Waals surface area contributed by atoms with Crippen LogP contribution >= 0.6 is 0 Å². The first-order valence-corrected chi connectivity index (χ1v) is 5.31. The maximum absolute atomic E-state index is 4.25. The zero-order valence-electron chi connectivity index (χ0n) is 9.12. The number of rotatable bonds is 3. The van der Waals surface area contributed by atoms with Gasteiger partial charge in [0.15, 0.2) is 0 Å². The van der Waals surface area contributed by atoms with Crippen LogP contribution in [0.5, 0.6) is 0 Å². The third-order valence-electron chi connectivity index (χ3n) is 3.17. The predicted octanol–water partition coefficient (Wildman–Crippen LogP) is 2.31. The minimum Gasteiger partial charge on any atom is -0.313 e. The van der Waals surface area contributed by atoms with Crippen molar-refractivity contribution in [2.45, 2.75) is 26.3 Å². The molecule has 1 N–H and O–H groups in total. The molecular weight excluding hydrogens is 172 g/mol. The van der Waals surface area contributed by atoms with E-state index >= 15 is 0 Å². The summed E-state index contributed by atoms with van der Waals surface area (Å²) in [7, 11) is 2.04. The number of hydrogen-bond acceptors (Lipinski definition) is 2. The van der Waals surface area contributed by atoms with Crippen LogP contribution in [0.3, 0.4) is 0 Å². The summed E-state index contributed by atoms with van der Waals surface area (Å²) in [5.74, 6) is 1.68. The Morgan fingerprint density at radius 2 is 2.21 bits per heavy atom. The molecule has 1 fully saturated rings. The van der Waals surface area contributed by atoms with Gasteiger partial charge < -0.3 is 5.32 Å². The van der Waals surface area contributed by atoms with Crippen LogP contribution < -0.4 is 5.32 Å². The molecule has 1 aliphatic rings. The van der Waals surface area contributed by atoms with Crippen LogP contribution in [0, 0.1) is 18.8 Å². The minimum absolute atomic E-state index is 0.498. The zero-order chi connectivity index (χ0) is 10.1. The highest BCUT2D eigenvalue weighted by Crippen LogP contribution is 2.46. The molecule has 1 aliphatic carbocycles. The van der Waals surface area contributed by atoms with Gasteiger partial charge in [0.25, 0.3) is 0 Å². The van der Waals surface area contributed by atoms with E-state index < -0.39 is 0 Å². The zero-order valence-corrected chi connectivity index (χ0v) is 9.12. The first-order valence-electron chi connectivity index (χ1n) is 5.31. The van der Waals surface area contributed by atoms with Gasteiger partial charge in [0.05, 0.1) is 0 Å². The summed E-state index contributed by atoms with van der Waals surface area (Å²) in [5.41, 5.74) is 2.58. The van der Waals surface area contributed by atoms with Crippen molar-refractivity contribution >= 4 is 0 Å². The van der Waals surface area contributed by atoms with Crippen molar-refractivity contribution in [3.63, 3.8) is 0 Å². The van der Waals surface area contributed by atoms with Gasteiger partial charge in [-0.1, -0.05) is 13.0 Å². The van der Waals surface area contributed by atoms with E-state index in [1.54, 1.807) is 0 Å². The number of hydrogen-bond donors (Lipinski definition) is 1. The Hall–Kier alpha value is -0.890. The Labute approximate surface area is 85.7 Å². The molecule has 0 saturated heterocycles. The molecule has 0 spiro atoms. The highest BCUT2D eigenvalue weighted by molar-refractivity contribution is 5.22. The minimum atomic E-state index is 0.498. The first-order chi connectivity index (χ1) is 6.72. The lowest BCUT2D eigenvalue weighted by atomic mass is 10.0. The maximum atomic E-state index is 4.25. The fourth-order valence-electron chi connectivity index (χ4n) is 2.19. The highest BCUT2D eigenvalue weighted by atomic mass is 14.9. The lowest BCUT2D eigenvalue weighted by Crippen LogP contribution is -2.19. The number of pyridine rings is 1. The molecule has 3 atom stereocenters. The highest BCUT2D eigenvalue weighted by Gasteiger charge is 2.39. The Morgan fingerprint density at radius 1 is 1.50 bits per heavy atom. The van der Waals surface area contributed by atoms with Crippen molar-refractivity contribution in [3.05, 3.63) is 29.6 Å². The SMILES string of the molecule is CNC(c1cncc(C)c1)C1CC1C. The fraction of sp³-hybridized carbons (Fsp3) is 0.583. The largest absolute Gasteiger partial charge is 0.313 e. The van der Waals surface area contributed by atoms with Gasteiger partial charge in [-0.25, -0.2) is 0 Å². The van der Waals surface area contributed by atoms with E-state index in [1.165, 1.54) is 17.5 Å². The summed E-state index contributed by atoms with van der Waals surface area (Å²) in [5, 5.41) is 3.40. The second kappa shape index (κ2) is 3.70. The van der Waals surface area contributed by atoms with Gasteiger partial charge in [-0.2, -0.15) is 0 Å². The summed E-state index contributed by atoms with van der Waals surface area (Å²) < 4.78 is 0. The molecule has 0 bridgehead atoms. The molecule has 2 nitrogen and oxygen atoms in total. The van der Waals surface area contributed by atoms with E-state index in [-0.39, 0.29) is 0 Å². The van der Waals surface area contributed by atoms with E-state index in [1.807, 2.05) is 19.4 Å². The maximum Gasteiger partial charge on any atom is 0.0364 e. The lowest BCUT2D eigenvalue weighted by molar-refractivity contribution is 0.502. The predicted molar refractivity (Wildman–Crippen MR) is 58.0 cm³/mol. The van der Waals surface area contributed by atoms with Gasteiger partial charge in [-0.3, -0.25) is 4.98 Å². The third kappa shape index (κ3) is 1.80. The van der Waals surface area contributed by atoms with Gasteiger partial charge in [-0.05, 0) is 43.4 Å². The molecule has 3 unspecified atom stereocenters. The topological polar surface area (TPSA) is 24.9 Å². The second-order valence-electron chi connectivity index (χ2n) is 4.44. The van der Waals surface area contributed by atoms with E-state index in [0.29, 0.717) is 6.04 Å². The van der Waals surface area contributed by atoms with E-state index in [4.69, 9.17) is 0 Å². The Bertz CT molecular complexity index is 322. The quantitative estimate of drug-likeness (QED) is 0.791. The van der Waals surface area contributed by atoms with E-state index in [2.05, 4.69) is 30.2 Å². The summed E-state index contributed by atoms with van der Waals surface area (Å²) in [6.07, 6.45) is 5.24. The Balaban J connectivity index is 2.19. The van der Waals surface area contributed by atoms with Gasteiger partial charge in [-0.15, -0.1) is 0 Å². The molecule has 2 rings (SSSR count). The molecule has 2 heteroatoms. The van der Waals surface area contributed by atoms with Crippen molar-refractivity contribution in [2.24, 2.45) is 11.8 Å². The van der Waals surface area contributed by atoms with Crippen molar-refractivity contribution < 1.29 is 0 Å². The van der Waals surface area contributed by atoms with Crippen LogP contribution in [0.25, 0.3) is 0 Å². The monoisotopic (exact) mass is 190 g/mol. The number of nitrogens with one attached hydrogen (secondary N) is 1. The normalized spacial score (nSPS) is 27.4. The molecule has 0 aliphatic heterocycles. The average Bonchev–Trinajstić information content (AvgIpc) is 2.84. The first kappa shape index (κ1) is 9.66. The smallest absolute Gasteiger partial charge is 0.0364 e. The van der Waals surface area contributed by atoms with Gasteiger partial charge in [0, 0.05) is 18.4 Å². The number of nitrogens with zero attached hydrogens (tertiary/aromatic N) is 1.